The lowest BCUT2D eigenvalue weighted by molar-refractivity contribution is -0.225. The Bertz CT molecular complexity index is 1560. The number of rotatable bonds is 8. The molecule has 3 aromatic rings. The lowest BCUT2D eigenvalue weighted by Gasteiger charge is -2.41. The van der Waals surface area contributed by atoms with Gasteiger partial charge < -0.3 is 48.7 Å². The Morgan fingerprint density at radius 1 is 0.907 bits per heavy atom. The maximum absolute atomic E-state index is 13.5. The number of alkyl halides is 3. The molecule has 0 saturated carbocycles. The number of carbonyl (C=O) groups is 1. The van der Waals surface area contributed by atoms with E-state index in [1.54, 1.807) is 23.5 Å². The Morgan fingerprint density at radius 3 is 2.14 bits per heavy atom. The average Bonchev–Trinajstić information content (AvgIpc) is 2.98. The number of fused-ring (bicyclic) bond motifs is 1. The first kappa shape index (κ1) is 31.9. The Balaban J connectivity index is 1.83. The van der Waals surface area contributed by atoms with Crippen LogP contribution in [-0.4, -0.2) is 86.3 Å². The maximum atomic E-state index is 13.5. The fraction of sp³-hybridized carbons (Fsp3) is 0.429. The topological polar surface area (TPSA) is 166 Å². The van der Waals surface area contributed by atoms with E-state index in [1.165, 1.54) is 40.6 Å². The van der Waals surface area contributed by atoms with Crippen LogP contribution in [0.1, 0.15) is 18.6 Å². The molecule has 0 radical (unpaired) electrons. The predicted octanol–water partition coefficient (Wildman–Crippen LogP) is 2.08. The Labute approximate surface area is 242 Å². The molecule has 2 aromatic carbocycles. The van der Waals surface area contributed by atoms with Crippen LogP contribution in [0.25, 0.3) is 22.3 Å². The van der Waals surface area contributed by atoms with Gasteiger partial charge in [-0.3, -0.25) is 9.59 Å². The zero-order chi connectivity index (χ0) is 31.8. The van der Waals surface area contributed by atoms with Gasteiger partial charge in [-0.15, -0.1) is 0 Å². The molecular weight excluding hydrogens is 583 g/mol. The van der Waals surface area contributed by atoms with Gasteiger partial charge in [-0.05, 0) is 25.1 Å². The lowest BCUT2D eigenvalue weighted by atomic mass is 9.89. The molecule has 0 bridgehead atoms. The maximum Gasteiger partial charge on any atom is 0.408 e. The number of hydrogen-bond donors (Lipinski definition) is 4. The van der Waals surface area contributed by atoms with Crippen LogP contribution in [-0.2, 0) is 9.53 Å². The number of benzene rings is 2. The smallest absolute Gasteiger partial charge is 0.408 e. The fourth-order valence-corrected chi connectivity index (χ4v) is 4.77. The summed E-state index contributed by atoms with van der Waals surface area (Å²) in [5.74, 6) is -0.754. The van der Waals surface area contributed by atoms with Gasteiger partial charge in [0.1, 0.15) is 58.7 Å². The van der Waals surface area contributed by atoms with Crippen molar-refractivity contribution in [2.45, 2.75) is 49.7 Å². The van der Waals surface area contributed by atoms with Crippen LogP contribution in [0.15, 0.2) is 39.5 Å². The van der Waals surface area contributed by atoms with Crippen LogP contribution in [0.2, 0.25) is 0 Å². The number of methoxy groups -OCH3 is 4. The van der Waals surface area contributed by atoms with Gasteiger partial charge in [0.2, 0.25) is 0 Å². The molecule has 2 heterocycles. The van der Waals surface area contributed by atoms with Gasteiger partial charge in [0.05, 0.1) is 34.0 Å². The highest BCUT2D eigenvalue weighted by Crippen LogP contribution is 2.46. The number of aliphatic hydroxyl groups excluding tert-OH is 3. The van der Waals surface area contributed by atoms with Gasteiger partial charge in [-0.1, -0.05) is 0 Å². The molecule has 234 valence electrons. The molecule has 4 rings (SSSR count). The fourth-order valence-electron chi connectivity index (χ4n) is 4.77. The van der Waals surface area contributed by atoms with E-state index >= 15 is 0 Å². The van der Waals surface area contributed by atoms with Crippen molar-refractivity contribution >= 4 is 16.9 Å². The summed E-state index contributed by atoms with van der Waals surface area (Å²) < 4.78 is 72.3. The molecule has 1 aliphatic heterocycles. The van der Waals surface area contributed by atoms with Gasteiger partial charge >= 0.3 is 6.18 Å². The summed E-state index contributed by atoms with van der Waals surface area (Å²) >= 11 is 0. The van der Waals surface area contributed by atoms with E-state index < -0.39 is 54.1 Å². The second kappa shape index (κ2) is 12.3. The summed E-state index contributed by atoms with van der Waals surface area (Å²) in [7, 11) is 5.33. The predicted molar refractivity (Wildman–Crippen MR) is 143 cm³/mol. The van der Waals surface area contributed by atoms with Gasteiger partial charge in [0.15, 0.2) is 23.0 Å². The third-order valence-corrected chi connectivity index (χ3v) is 7.07. The molecule has 1 aromatic heterocycles. The largest absolute Gasteiger partial charge is 0.496 e. The first-order valence-electron chi connectivity index (χ1n) is 12.8. The highest BCUT2D eigenvalue weighted by Gasteiger charge is 2.50. The molecule has 0 aliphatic carbocycles. The molecule has 1 amide bonds. The average molecular weight is 614 g/mol. The number of carbonyl (C=O) groups excluding carboxylic acids is 1. The van der Waals surface area contributed by atoms with Crippen molar-refractivity contribution < 1.29 is 61.4 Å². The van der Waals surface area contributed by atoms with Crippen LogP contribution >= 0.6 is 0 Å². The summed E-state index contributed by atoms with van der Waals surface area (Å²) in [4.78, 5) is 26.1. The Morgan fingerprint density at radius 2 is 1.56 bits per heavy atom. The van der Waals surface area contributed by atoms with E-state index in [-0.39, 0.29) is 33.8 Å². The van der Waals surface area contributed by atoms with Gasteiger partial charge in [0.25, 0.3) is 5.91 Å². The van der Waals surface area contributed by atoms with Crippen molar-refractivity contribution in [1.29, 1.82) is 0 Å². The normalized spacial score (nSPS) is 23.0. The standard InChI is InChI=1S/C28H30F3NO11/c1-11(28(29,30)31)32-27(37)26-23(36)21(34)22(35)25(43-26)20-17(40-4)10-18-19(24(20)41-5)13(33)9-15(42-18)12-6-7-14(38-2)16(8-12)39-3/h6-11,21-23,25-26,34-36H,1-5H3,(H,32,37)/t11?,21-,22-,23+,25+,26+/m1/s1. The third kappa shape index (κ3) is 5.93. The highest BCUT2D eigenvalue weighted by atomic mass is 19.4. The summed E-state index contributed by atoms with van der Waals surface area (Å²) in [6.07, 6.45) is -14.7. The molecule has 15 heteroatoms. The molecular formula is C28H30F3NO11. The number of ether oxygens (including phenoxy) is 5. The zero-order valence-electron chi connectivity index (χ0n) is 23.6. The van der Waals surface area contributed by atoms with E-state index in [9.17, 15) is 38.1 Å². The third-order valence-electron chi connectivity index (χ3n) is 7.07. The van der Waals surface area contributed by atoms with E-state index in [0.717, 1.165) is 0 Å². The molecule has 4 N–H and O–H groups in total. The Hall–Kier alpha value is -4.05. The summed E-state index contributed by atoms with van der Waals surface area (Å²) in [5.41, 5.74) is -0.326. The number of amides is 1. The second-order valence-corrected chi connectivity index (χ2v) is 9.66. The van der Waals surface area contributed by atoms with E-state index in [1.807, 2.05) is 0 Å². The minimum absolute atomic E-state index is 0.0195. The van der Waals surface area contributed by atoms with Crippen LogP contribution in [0, 0.1) is 0 Å². The van der Waals surface area contributed by atoms with Crippen molar-refractivity contribution in [3.63, 3.8) is 0 Å². The monoisotopic (exact) mass is 613 g/mol. The van der Waals surface area contributed by atoms with Crippen molar-refractivity contribution in [3.05, 3.63) is 46.1 Å². The molecule has 1 saturated heterocycles. The van der Waals surface area contributed by atoms with Crippen molar-refractivity contribution in [2.75, 3.05) is 28.4 Å². The van der Waals surface area contributed by atoms with Crippen LogP contribution in [0.3, 0.4) is 0 Å². The minimum atomic E-state index is -4.80. The minimum Gasteiger partial charge on any atom is -0.496 e. The number of nitrogens with one attached hydrogen (secondary N) is 1. The lowest BCUT2D eigenvalue weighted by Crippen LogP contribution is -2.60. The summed E-state index contributed by atoms with van der Waals surface area (Å²) in [6.45, 7) is 0.681. The van der Waals surface area contributed by atoms with Gasteiger partial charge in [-0.25, -0.2) is 0 Å². The number of halogens is 3. The van der Waals surface area contributed by atoms with Gasteiger partial charge in [-0.2, -0.15) is 13.2 Å². The second-order valence-electron chi connectivity index (χ2n) is 9.66. The first-order chi connectivity index (χ1) is 20.3. The molecule has 12 nitrogen and oxygen atoms in total. The van der Waals surface area contributed by atoms with Crippen molar-refractivity contribution in [1.82, 2.24) is 5.32 Å². The SMILES string of the molecule is COc1ccc(-c2cc(=O)c3c(OC)c([C@@H]4O[C@H](C(=O)NC(C)C(F)(F)F)[C@@H](O)[C@H](O)[C@H]4O)c(OC)cc3o2)cc1OC. The van der Waals surface area contributed by atoms with E-state index in [2.05, 4.69) is 0 Å². The molecule has 1 unspecified atom stereocenters. The van der Waals surface area contributed by atoms with Gasteiger partial charge in [0, 0.05) is 17.7 Å². The number of hydrogen-bond acceptors (Lipinski definition) is 11. The van der Waals surface area contributed by atoms with E-state index in [4.69, 9.17) is 28.1 Å². The van der Waals surface area contributed by atoms with Crippen LogP contribution in [0.4, 0.5) is 13.2 Å². The van der Waals surface area contributed by atoms with Crippen LogP contribution < -0.4 is 29.7 Å². The number of aliphatic hydroxyl groups is 3. The molecule has 0 spiro atoms. The zero-order valence-corrected chi connectivity index (χ0v) is 23.6. The molecule has 6 atom stereocenters. The Kier molecular flexibility index (Phi) is 9.11. The van der Waals surface area contributed by atoms with Crippen LogP contribution in [0.5, 0.6) is 23.0 Å². The molecule has 1 aliphatic rings. The van der Waals surface area contributed by atoms with Crippen molar-refractivity contribution in [2.24, 2.45) is 0 Å². The summed E-state index contributed by atoms with van der Waals surface area (Å²) in [6, 6.07) is 4.99. The highest BCUT2D eigenvalue weighted by molar-refractivity contribution is 5.89. The quantitative estimate of drug-likeness (QED) is 0.294. The summed E-state index contributed by atoms with van der Waals surface area (Å²) in [5, 5.41) is 33.4. The van der Waals surface area contributed by atoms with Crippen molar-refractivity contribution in [3.8, 4) is 34.3 Å². The van der Waals surface area contributed by atoms with E-state index in [0.29, 0.717) is 24.0 Å². The molecule has 43 heavy (non-hydrogen) atoms. The molecule has 1 fully saturated rings. The first-order valence-corrected chi connectivity index (χ1v) is 12.8.